The minimum Gasteiger partial charge on any atom is -0.384 e. The van der Waals surface area contributed by atoms with E-state index in [4.69, 9.17) is 16.1 Å². The number of carbonyl (C=O) groups excluding carboxylic acids is 1. The van der Waals surface area contributed by atoms with Gasteiger partial charge in [0, 0.05) is 23.3 Å². The lowest BCUT2D eigenvalue weighted by atomic mass is 10.1. The molecule has 2 rings (SSSR count). The van der Waals surface area contributed by atoms with E-state index in [9.17, 15) is 4.79 Å². The lowest BCUT2D eigenvalue weighted by Crippen LogP contribution is -2.14. The molecule has 1 aromatic carbocycles. The average molecular weight is 294 g/mol. The van der Waals surface area contributed by atoms with Crippen molar-refractivity contribution in [2.24, 2.45) is 0 Å². The third kappa shape index (κ3) is 3.51. The fourth-order valence-electron chi connectivity index (χ4n) is 1.72. The largest absolute Gasteiger partial charge is 0.384 e. The van der Waals surface area contributed by atoms with Crippen LogP contribution in [0.3, 0.4) is 0 Å². The zero-order valence-electron chi connectivity index (χ0n) is 11.4. The predicted molar refractivity (Wildman–Crippen MR) is 79.4 cm³/mol. The van der Waals surface area contributed by atoms with Crippen molar-refractivity contribution < 1.29 is 9.32 Å². The zero-order chi connectivity index (χ0) is 14.5. The van der Waals surface area contributed by atoms with Crippen LogP contribution in [0.5, 0.6) is 0 Å². The monoisotopic (exact) mass is 293 g/mol. The van der Waals surface area contributed by atoms with Gasteiger partial charge in [-0.2, -0.15) is 0 Å². The summed E-state index contributed by atoms with van der Waals surface area (Å²) >= 11 is 5.96. The summed E-state index contributed by atoms with van der Waals surface area (Å²) in [5, 5.41) is 10.1. The number of halogens is 1. The van der Waals surface area contributed by atoms with E-state index >= 15 is 0 Å². The quantitative estimate of drug-likeness (QED) is 0.882. The number of carbonyl (C=O) groups is 1. The van der Waals surface area contributed by atoms with Gasteiger partial charge in [0.05, 0.1) is 11.3 Å². The van der Waals surface area contributed by atoms with Gasteiger partial charge in [-0.15, -0.1) is 0 Å². The molecule has 0 spiro atoms. The molecular weight excluding hydrogens is 278 g/mol. The Hall–Kier alpha value is -2.01. The molecule has 1 heterocycles. The summed E-state index contributed by atoms with van der Waals surface area (Å²) < 4.78 is 4.97. The number of anilines is 2. The second-order valence-electron chi connectivity index (χ2n) is 4.40. The third-order valence-electron chi connectivity index (χ3n) is 2.66. The summed E-state index contributed by atoms with van der Waals surface area (Å²) in [7, 11) is 0. The van der Waals surface area contributed by atoms with E-state index < -0.39 is 0 Å². The molecule has 1 amide bonds. The van der Waals surface area contributed by atoms with Crippen LogP contribution >= 0.6 is 11.6 Å². The first-order valence-corrected chi connectivity index (χ1v) is 6.76. The van der Waals surface area contributed by atoms with Crippen molar-refractivity contribution in [2.45, 2.75) is 20.3 Å². The van der Waals surface area contributed by atoms with Crippen molar-refractivity contribution in [2.75, 3.05) is 17.2 Å². The van der Waals surface area contributed by atoms with Gasteiger partial charge in [0.1, 0.15) is 0 Å². The first-order valence-electron chi connectivity index (χ1n) is 6.38. The van der Waals surface area contributed by atoms with E-state index in [2.05, 4.69) is 22.7 Å². The fraction of sp³-hybridized carbons (Fsp3) is 0.286. The summed E-state index contributed by atoms with van der Waals surface area (Å²) in [6.07, 6.45) is 0.963. The molecule has 0 aliphatic carbocycles. The number of benzene rings is 1. The number of hydrogen-bond donors (Lipinski definition) is 2. The molecular formula is C14H16ClN3O2. The third-order valence-corrected chi connectivity index (χ3v) is 2.89. The number of aromatic nitrogens is 1. The van der Waals surface area contributed by atoms with Gasteiger partial charge in [0.15, 0.2) is 0 Å². The summed E-state index contributed by atoms with van der Waals surface area (Å²) in [4.78, 5) is 12.3. The number of aryl methyl sites for hydroxylation is 1. The predicted octanol–water partition coefficient (Wildman–Crippen LogP) is 3.71. The van der Waals surface area contributed by atoms with Crippen molar-refractivity contribution in [1.29, 1.82) is 0 Å². The molecule has 0 bridgehead atoms. The van der Waals surface area contributed by atoms with E-state index in [1.807, 2.05) is 0 Å². The topological polar surface area (TPSA) is 67.2 Å². The Morgan fingerprint density at radius 2 is 2.20 bits per heavy atom. The van der Waals surface area contributed by atoms with Crippen LogP contribution in [0.4, 0.5) is 11.6 Å². The average Bonchev–Trinajstić information content (AvgIpc) is 2.82. The van der Waals surface area contributed by atoms with Gasteiger partial charge in [-0.05, 0) is 31.5 Å². The maximum Gasteiger partial charge on any atom is 0.260 e. The molecule has 106 valence electrons. The molecule has 1 aromatic heterocycles. The maximum atomic E-state index is 12.3. The van der Waals surface area contributed by atoms with E-state index in [-0.39, 0.29) is 5.91 Å². The highest BCUT2D eigenvalue weighted by Gasteiger charge is 2.14. The summed E-state index contributed by atoms with van der Waals surface area (Å²) in [5.74, 6) is 0.0242. The van der Waals surface area contributed by atoms with Gasteiger partial charge in [-0.25, -0.2) is 0 Å². The second-order valence-corrected chi connectivity index (χ2v) is 4.84. The van der Waals surface area contributed by atoms with Crippen LogP contribution in [0.25, 0.3) is 0 Å². The molecule has 0 saturated heterocycles. The van der Waals surface area contributed by atoms with Crippen LogP contribution in [-0.2, 0) is 0 Å². The molecule has 0 aliphatic heterocycles. The molecule has 0 fully saturated rings. The second kappa shape index (κ2) is 6.43. The highest BCUT2D eigenvalue weighted by molar-refractivity contribution is 6.31. The molecule has 2 aromatic rings. The Morgan fingerprint density at radius 1 is 1.40 bits per heavy atom. The SMILES string of the molecule is CCCNc1ccc(Cl)cc1C(=O)Nc1cc(C)no1. The minimum atomic E-state index is -0.290. The van der Waals surface area contributed by atoms with Crippen molar-refractivity contribution in [3.05, 3.63) is 40.5 Å². The Labute approximate surface area is 122 Å². The van der Waals surface area contributed by atoms with E-state index in [1.165, 1.54) is 0 Å². The van der Waals surface area contributed by atoms with Crippen LogP contribution in [0.2, 0.25) is 5.02 Å². The molecule has 0 aliphatic rings. The fourth-order valence-corrected chi connectivity index (χ4v) is 1.89. The lowest BCUT2D eigenvalue weighted by molar-refractivity contribution is 0.102. The summed E-state index contributed by atoms with van der Waals surface area (Å²) in [6, 6.07) is 6.81. The standard InChI is InChI=1S/C14H16ClN3O2/c1-3-6-16-12-5-4-10(15)8-11(12)14(19)17-13-7-9(2)18-20-13/h4-5,7-8,16H,3,6H2,1-2H3,(H,17,19). The summed E-state index contributed by atoms with van der Waals surface area (Å²) in [6.45, 7) is 4.62. The smallest absolute Gasteiger partial charge is 0.260 e. The van der Waals surface area contributed by atoms with E-state index in [0.717, 1.165) is 18.7 Å². The van der Waals surface area contributed by atoms with Gasteiger partial charge in [0.25, 0.3) is 5.91 Å². The molecule has 0 atom stereocenters. The molecule has 0 saturated carbocycles. The van der Waals surface area contributed by atoms with E-state index in [0.29, 0.717) is 22.2 Å². The van der Waals surface area contributed by atoms with Gasteiger partial charge in [-0.1, -0.05) is 23.7 Å². The molecule has 20 heavy (non-hydrogen) atoms. The van der Waals surface area contributed by atoms with Gasteiger partial charge in [0.2, 0.25) is 5.88 Å². The Balaban J connectivity index is 2.21. The maximum absolute atomic E-state index is 12.3. The zero-order valence-corrected chi connectivity index (χ0v) is 12.1. The molecule has 5 nitrogen and oxygen atoms in total. The van der Waals surface area contributed by atoms with E-state index in [1.54, 1.807) is 31.2 Å². The van der Waals surface area contributed by atoms with Crippen LogP contribution in [0, 0.1) is 6.92 Å². The Bertz CT molecular complexity index is 610. The molecule has 0 radical (unpaired) electrons. The van der Waals surface area contributed by atoms with Crippen molar-refractivity contribution in [3.8, 4) is 0 Å². The summed E-state index contributed by atoms with van der Waals surface area (Å²) in [5.41, 5.74) is 1.92. The van der Waals surface area contributed by atoms with Crippen molar-refractivity contribution >= 4 is 29.1 Å². The van der Waals surface area contributed by atoms with Gasteiger partial charge in [-0.3, -0.25) is 10.1 Å². The molecule has 6 heteroatoms. The molecule has 2 N–H and O–H groups in total. The minimum absolute atomic E-state index is 0.290. The normalized spacial score (nSPS) is 10.3. The Morgan fingerprint density at radius 3 is 2.85 bits per heavy atom. The van der Waals surface area contributed by atoms with Gasteiger partial charge >= 0.3 is 0 Å². The van der Waals surface area contributed by atoms with Crippen molar-refractivity contribution in [3.63, 3.8) is 0 Å². The number of amides is 1. The number of nitrogens with zero attached hydrogens (tertiary/aromatic N) is 1. The van der Waals surface area contributed by atoms with Gasteiger partial charge < -0.3 is 9.84 Å². The molecule has 0 unspecified atom stereocenters. The number of nitrogens with one attached hydrogen (secondary N) is 2. The highest BCUT2D eigenvalue weighted by Crippen LogP contribution is 2.22. The van der Waals surface area contributed by atoms with Crippen LogP contribution in [0.15, 0.2) is 28.8 Å². The number of hydrogen-bond acceptors (Lipinski definition) is 4. The highest BCUT2D eigenvalue weighted by atomic mass is 35.5. The van der Waals surface area contributed by atoms with Crippen LogP contribution < -0.4 is 10.6 Å². The lowest BCUT2D eigenvalue weighted by Gasteiger charge is -2.11. The van der Waals surface area contributed by atoms with Crippen LogP contribution in [0.1, 0.15) is 29.4 Å². The first-order chi connectivity index (χ1) is 9.60. The first kappa shape index (κ1) is 14.4. The Kier molecular flexibility index (Phi) is 4.63. The van der Waals surface area contributed by atoms with Crippen molar-refractivity contribution in [1.82, 2.24) is 5.16 Å². The van der Waals surface area contributed by atoms with Crippen LogP contribution in [-0.4, -0.2) is 17.6 Å². The number of rotatable bonds is 5.